The molecule has 2 aromatic heterocycles. The molecule has 3 heterocycles. The van der Waals surface area contributed by atoms with Crippen molar-refractivity contribution in [1.29, 1.82) is 0 Å². The van der Waals surface area contributed by atoms with Gasteiger partial charge < -0.3 is 14.8 Å². The van der Waals surface area contributed by atoms with E-state index >= 15 is 0 Å². The van der Waals surface area contributed by atoms with Crippen LogP contribution in [0.2, 0.25) is 5.02 Å². The number of carboxylic acid groups (broad SMARTS) is 1. The molecule has 1 saturated heterocycles. The van der Waals surface area contributed by atoms with Crippen molar-refractivity contribution in [3.05, 3.63) is 112 Å². The first-order chi connectivity index (χ1) is 20.3. The molecule has 8 nitrogen and oxygen atoms in total. The molecule has 1 aliphatic heterocycles. The lowest BCUT2D eigenvalue weighted by Gasteiger charge is -2.23. The van der Waals surface area contributed by atoms with Crippen molar-refractivity contribution in [2.45, 2.75) is 19.4 Å². The summed E-state index contributed by atoms with van der Waals surface area (Å²) < 4.78 is 8.12. The maximum atomic E-state index is 13.8. The van der Waals surface area contributed by atoms with E-state index in [1.165, 1.54) is 4.90 Å². The van der Waals surface area contributed by atoms with Crippen LogP contribution in [0, 0.1) is 6.92 Å². The topological polar surface area (TPSA) is 100 Å². The van der Waals surface area contributed by atoms with Crippen LogP contribution in [-0.4, -0.2) is 47.0 Å². The van der Waals surface area contributed by atoms with Crippen molar-refractivity contribution in [2.24, 2.45) is 0 Å². The van der Waals surface area contributed by atoms with Gasteiger partial charge in [-0.15, -0.1) is 0 Å². The molecule has 1 amide bonds. The molecule has 1 fully saturated rings. The van der Waals surface area contributed by atoms with E-state index in [1.54, 1.807) is 41.2 Å². The van der Waals surface area contributed by atoms with Gasteiger partial charge >= 0.3 is 5.97 Å². The van der Waals surface area contributed by atoms with Crippen LogP contribution >= 0.6 is 35.6 Å². The molecule has 5 aromatic rings. The number of carboxylic acids is 1. The second-order valence-electron chi connectivity index (χ2n) is 9.58. The van der Waals surface area contributed by atoms with Crippen LogP contribution in [0.4, 0.5) is 0 Å². The molecule has 0 bridgehead atoms. The van der Waals surface area contributed by atoms with Crippen LogP contribution in [-0.2, 0) is 16.0 Å². The molecule has 6 rings (SSSR count). The minimum Gasteiger partial charge on any atom is -0.480 e. The number of para-hydroxylation sites is 2. The Bertz CT molecular complexity index is 1880. The summed E-state index contributed by atoms with van der Waals surface area (Å²) in [7, 11) is 0. The number of aromatic amines is 1. The normalized spacial score (nSPS) is 15.1. The van der Waals surface area contributed by atoms with E-state index in [4.69, 9.17) is 33.7 Å². The van der Waals surface area contributed by atoms with E-state index in [2.05, 4.69) is 4.98 Å². The molecule has 42 heavy (non-hydrogen) atoms. The number of halogens is 1. The summed E-state index contributed by atoms with van der Waals surface area (Å²) in [5, 5.41) is 16.3. The van der Waals surface area contributed by atoms with Gasteiger partial charge in [-0.25, -0.2) is 4.79 Å². The van der Waals surface area contributed by atoms with E-state index in [0.29, 0.717) is 27.9 Å². The number of ether oxygens (including phenoxy) is 1. The van der Waals surface area contributed by atoms with Crippen molar-refractivity contribution in [1.82, 2.24) is 19.7 Å². The average Bonchev–Trinajstić information content (AvgIpc) is 3.61. The SMILES string of the molecule is Cc1nn(-c2ccccc2)c(Oc2cccc(Cl)c2)c1/C=C1\SC(=S)N([C@@H](Cc2c[nH]c3ccccc23)C(=O)O)C1=O. The number of carbonyl (C=O) groups is 2. The van der Waals surface area contributed by atoms with Crippen molar-refractivity contribution >= 4 is 68.8 Å². The fourth-order valence-electron chi connectivity index (χ4n) is 4.85. The number of aromatic nitrogens is 3. The van der Waals surface area contributed by atoms with Gasteiger partial charge in [0.05, 0.1) is 21.8 Å². The van der Waals surface area contributed by atoms with E-state index < -0.39 is 17.9 Å². The highest BCUT2D eigenvalue weighted by molar-refractivity contribution is 8.26. The number of benzene rings is 3. The first-order valence-corrected chi connectivity index (χ1v) is 14.5. The molecule has 1 atom stereocenters. The number of thiocarbonyl (C=S) groups is 1. The highest BCUT2D eigenvalue weighted by Gasteiger charge is 2.41. The molecule has 1 aliphatic rings. The number of carbonyl (C=O) groups excluding carboxylic acids is 1. The van der Waals surface area contributed by atoms with E-state index in [0.717, 1.165) is 33.9 Å². The number of aryl methyl sites for hydroxylation is 1. The van der Waals surface area contributed by atoms with Crippen LogP contribution in [0.5, 0.6) is 11.6 Å². The number of thioether (sulfide) groups is 1. The number of amides is 1. The molecule has 2 N–H and O–H groups in total. The third-order valence-electron chi connectivity index (χ3n) is 6.86. The highest BCUT2D eigenvalue weighted by Crippen LogP contribution is 2.39. The van der Waals surface area contributed by atoms with Crippen molar-refractivity contribution in [3.8, 4) is 17.3 Å². The number of nitrogens with zero attached hydrogens (tertiary/aromatic N) is 3. The molecule has 0 spiro atoms. The fourth-order valence-corrected chi connectivity index (χ4v) is 6.37. The van der Waals surface area contributed by atoms with Crippen molar-refractivity contribution < 1.29 is 19.4 Å². The number of H-pyrrole nitrogens is 1. The Morgan fingerprint density at radius 2 is 1.90 bits per heavy atom. The lowest BCUT2D eigenvalue weighted by molar-refractivity contribution is -0.145. The van der Waals surface area contributed by atoms with Crippen LogP contribution in [0.15, 0.2) is 90.0 Å². The average molecular weight is 615 g/mol. The van der Waals surface area contributed by atoms with Crippen LogP contribution in [0.25, 0.3) is 22.7 Å². The van der Waals surface area contributed by atoms with Gasteiger partial charge in [0.2, 0.25) is 5.88 Å². The number of rotatable bonds is 8. The van der Waals surface area contributed by atoms with E-state index in [9.17, 15) is 14.7 Å². The zero-order chi connectivity index (χ0) is 29.4. The molecule has 11 heteroatoms. The smallest absolute Gasteiger partial charge is 0.327 e. The second-order valence-corrected chi connectivity index (χ2v) is 11.7. The van der Waals surface area contributed by atoms with Gasteiger partial charge in [-0.3, -0.25) is 9.69 Å². The lowest BCUT2D eigenvalue weighted by Crippen LogP contribution is -2.45. The van der Waals surface area contributed by atoms with Gasteiger partial charge in [0.1, 0.15) is 16.1 Å². The molecular weight excluding hydrogens is 592 g/mol. The van der Waals surface area contributed by atoms with Gasteiger partial charge in [0.15, 0.2) is 0 Å². The monoisotopic (exact) mass is 614 g/mol. The van der Waals surface area contributed by atoms with Crippen molar-refractivity contribution in [3.63, 3.8) is 0 Å². The maximum absolute atomic E-state index is 13.8. The van der Waals surface area contributed by atoms with E-state index in [-0.39, 0.29) is 15.6 Å². The maximum Gasteiger partial charge on any atom is 0.327 e. The lowest BCUT2D eigenvalue weighted by atomic mass is 10.0. The quantitative estimate of drug-likeness (QED) is 0.143. The zero-order valence-electron chi connectivity index (χ0n) is 22.2. The highest BCUT2D eigenvalue weighted by atomic mass is 35.5. The Balaban J connectivity index is 1.38. The summed E-state index contributed by atoms with van der Waals surface area (Å²) in [4.78, 5) is 30.8. The standard InChI is InChI=1S/C31H23ClN4O4S2/c1-18-24(29(40-22-11-7-8-20(32)15-22)36(34-18)21-9-3-2-4-10-21)16-27-28(37)35(31(41)42-27)26(30(38)39)14-19-17-33-25-13-6-5-12-23(19)25/h2-13,15-17,26,33H,14H2,1H3,(H,38,39)/b27-16-/t26-/m0/s1. The molecule has 0 radical (unpaired) electrons. The summed E-state index contributed by atoms with van der Waals surface area (Å²) in [5.41, 5.74) is 3.60. The molecule has 0 saturated carbocycles. The number of aliphatic carboxylic acids is 1. The number of fused-ring (bicyclic) bond motifs is 1. The number of hydrogen-bond acceptors (Lipinski definition) is 6. The van der Waals surface area contributed by atoms with Gasteiger partial charge in [-0.2, -0.15) is 9.78 Å². The summed E-state index contributed by atoms with van der Waals surface area (Å²) in [6.07, 6.45) is 3.52. The van der Waals surface area contributed by atoms with Gasteiger partial charge in [0, 0.05) is 28.5 Å². The Labute approximate surface area is 255 Å². The first kappa shape index (κ1) is 27.8. The number of nitrogens with one attached hydrogen (secondary N) is 1. The Morgan fingerprint density at radius 3 is 2.67 bits per heavy atom. The summed E-state index contributed by atoms with van der Waals surface area (Å²) in [6.45, 7) is 1.81. The Kier molecular flexibility index (Phi) is 7.59. The Morgan fingerprint density at radius 1 is 1.14 bits per heavy atom. The predicted molar refractivity (Wildman–Crippen MR) is 168 cm³/mol. The summed E-state index contributed by atoms with van der Waals surface area (Å²) in [5.74, 6) is -0.764. The van der Waals surface area contributed by atoms with Gasteiger partial charge in [-0.1, -0.05) is 78.0 Å². The largest absolute Gasteiger partial charge is 0.480 e. The molecule has 210 valence electrons. The van der Waals surface area contributed by atoms with Crippen molar-refractivity contribution in [2.75, 3.05) is 0 Å². The summed E-state index contributed by atoms with van der Waals surface area (Å²) >= 11 is 12.8. The van der Waals surface area contributed by atoms with Crippen LogP contribution in [0.3, 0.4) is 0 Å². The van der Waals surface area contributed by atoms with Crippen LogP contribution in [0.1, 0.15) is 16.8 Å². The fraction of sp³-hybridized carbons (Fsp3) is 0.0968. The zero-order valence-corrected chi connectivity index (χ0v) is 24.5. The minimum absolute atomic E-state index is 0.0904. The second kappa shape index (κ2) is 11.5. The molecule has 3 aromatic carbocycles. The number of hydrogen-bond donors (Lipinski definition) is 2. The Hall–Kier alpha value is -4.38. The third kappa shape index (κ3) is 5.32. The molecular formula is C31H23ClN4O4S2. The van der Waals surface area contributed by atoms with Crippen LogP contribution < -0.4 is 4.74 Å². The minimum atomic E-state index is -1.18. The van der Waals surface area contributed by atoms with Gasteiger partial charge in [0.25, 0.3) is 5.91 Å². The summed E-state index contributed by atoms with van der Waals surface area (Å²) in [6, 6.07) is 22.9. The third-order valence-corrected chi connectivity index (χ3v) is 8.42. The van der Waals surface area contributed by atoms with Gasteiger partial charge in [-0.05, 0) is 55.0 Å². The predicted octanol–water partition coefficient (Wildman–Crippen LogP) is 7.00. The first-order valence-electron chi connectivity index (χ1n) is 12.9. The van der Waals surface area contributed by atoms with E-state index in [1.807, 2.05) is 61.5 Å². The molecule has 0 unspecified atom stereocenters. The molecule has 0 aliphatic carbocycles.